The van der Waals surface area contributed by atoms with Gasteiger partial charge in [-0.25, -0.2) is 14.4 Å². The largest absolute Gasteiger partial charge is 0.462 e. The third-order valence-corrected chi connectivity index (χ3v) is 4.12. The highest BCUT2D eigenvalue weighted by atomic mass is 35.5. The van der Waals surface area contributed by atoms with Gasteiger partial charge in [0, 0.05) is 5.69 Å². The molecule has 1 aliphatic rings. The summed E-state index contributed by atoms with van der Waals surface area (Å²) in [6.45, 7) is 1.99. The predicted molar refractivity (Wildman–Crippen MR) is 101 cm³/mol. The summed E-state index contributed by atoms with van der Waals surface area (Å²) in [6, 6.07) is 14.6. The van der Waals surface area contributed by atoms with Crippen molar-refractivity contribution >= 4 is 35.2 Å². The molecule has 7 nitrogen and oxygen atoms in total. The zero-order valence-electron chi connectivity index (χ0n) is 14.8. The number of nitrogens with one attached hydrogen (secondary N) is 1. The highest BCUT2D eigenvalue weighted by molar-refractivity contribution is 6.42. The van der Waals surface area contributed by atoms with Gasteiger partial charge in [-0.1, -0.05) is 29.8 Å². The maximum absolute atomic E-state index is 12.2. The molecule has 0 saturated heterocycles. The molecule has 0 saturated carbocycles. The lowest BCUT2D eigenvalue weighted by molar-refractivity contribution is -0.152. The fourth-order valence-electron chi connectivity index (χ4n) is 2.42. The number of rotatable bonds is 6. The van der Waals surface area contributed by atoms with E-state index in [4.69, 9.17) is 25.8 Å². The summed E-state index contributed by atoms with van der Waals surface area (Å²) in [7, 11) is 0. The third-order valence-electron chi connectivity index (χ3n) is 3.76. The van der Waals surface area contributed by atoms with Gasteiger partial charge < -0.3 is 19.5 Å². The summed E-state index contributed by atoms with van der Waals surface area (Å²) >= 11 is 6.00. The van der Waals surface area contributed by atoms with E-state index < -0.39 is 24.2 Å². The van der Waals surface area contributed by atoms with Crippen molar-refractivity contribution in [1.29, 1.82) is 0 Å². The smallest absolute Gasteiger partial charge is 0.355 e. The van der Waals surface area contributed by atoms with Crippen molar-refractivity contribution in [3.8, 4) is 0 Å². The van der Waals surface area contributed by atoms with E-state index in [1.54, 1.807) is 61.5 Å². The van der Waals surface area contributed by atoms with Crippen LogP contribution in [-0.2, 0) is 19.0 Å². The monoisotopic (exact) mass is 401 g/mol. The lowest BCUT2D eigenvalue weighted by Crippen LogP contribution is -2.24. The quantitative estimate of drug-likeness (QED) is 0.741. The molecule has 1 atom stereocenters. The summed E-state index contributed by atoms with van der Waals surface area (Å²) in [4.78, 5) is 35.8. The minimum Gasteiger partial charge on any atom is -0.462 e. The van der Waals surface area contributed by atoms with Crippen LogP contribution in [0, 0.1) is 0 Å². The van der Waals surface area contributed by atoms with Crippen molar-refractivity contribution < 1.29 is 28.6 Å². The first-order chi connectivity index (χ1) is 13.5. The Kier molecular flexibility index (Phi) is 5.96. The summed E-state index contributed by atoms with van der Waals surface area (Å²) in [5, 5.41) is 2.68. The molecule has 1 aliphatic heterocycles. The Balaban J connectivity index is 1.74. The van der Waals surface area contributed by atoms with Crippen LogP contribution in [0.5, 0.6) is 0 Å². The number of carbonyl (C=O) groups excluding carboxylic acids is 3. The number of cyclic esters (lactones) is 1. The van der Waals surface area contributed by atoms with Gasteiger partial charge in [0.2, 0.25) is 0 Å². The van der Waals surface area contributed by atoms with Crippen LogP contribution in [0.3, 0.4) is 0 Å². The molecule has 1 N–H and O–H groups in total. The van der Waals surface area contributed by atoms with Gasteiger partial charge in [-0.15, -0.1) is 0 Å². The second-order valence-electron chi connectivity index (χ2n) is 5.66. The average molecular weight is 402 g/mol. The standard InChI is InChI=1S/C20H16ClNO6/c1-2-26-17(23)13-8-10-14(11-9-13)22-16-15(21)19(25)28-20(16)27-18(24)12-6-4-3-5-7-12/h3-11,20,22H,2H2,1H3/t20-/m1/s1. The van der Waals surface area contributed by atoms with Crippen LogP contribution >= 0.6 is 11.6 Å². The number of hydrogen-bond acceptors (Lipinski definition) is 7. The molecule has 0 aliphatic carbocycles. The van der Waals surface area contributed by atoms with Gasteiger partial charge in [0.1, 0.15) is 5.70 Å². The fourth-order valence-corrected chi connectivity index (χ4v) is 2.60. The van der Waals surface area contributed by atoms with Crippen LogP contribution in [0.1, 0.15) is 27.6 Å². The summed E-state index contributed by atoms with van der Waals surface area (Å²) in [6.07, 6.45) is -1.31. The maximum atomic E-state index is 12.2. The van der Waals surface area contributed by atoms with Crippen molar-refractivity contribution in [3.63, 3.8) is 0 Å². The van der Waals surface area contributed by atoms with E-state index >= 15 is 0 Å². The molecular formula is C20H16ClNO6. The van der Waals surface area contributed by atoms with E-state index in [1.807, 2.05) is 0 Å². The van der Waals surface area contributed by atoms with E-state index in [0.717, 1.165) is 0 Å². The molecule has 2 aromatic rings. The van der Waals surface area contributed by atoms with Gasteiger partial charge in [0.25, 0.3) is 6.29 Å². The molecule has 2 aromatic carbocycles. The van der Waals surface area contributed by atoms with Crippen LogP contribution in [0.2, 0.25) is 0 Å². The molecule has 0 spiro atoms. The Morgan fingerprint density at radius 1 is 1.04 bits per heavy atom. The molecule has 0 bridgehead atoms. The van der Waals surface area contributed by atoms with Gasteiger partial charge in [-0.05, 0) is 43.3 Å². The minimum atomic E-state index is -1.31. The predicted octanol–water partition coefficient (Wildman–Crippen LogP) is 3.47. The van der Waals surface area contributed by atoms with Gasteiger partial charge in [-0.3, -0.25) is 0 Å². The van der Waals surface area contributed by atoms with Gasteiger partial charge >= 0.3 is 17.9 Å². The lowest BCUT2D eigenvalue weighted by Gasteiger charge is -2.16. The number of anilines is 1. The van der Waals surface area contributed by atoms with Gasteiger partial charge in [0.05, 0.1) is 17.7 Å². The Bertz CT molecular complexity index is 923. The molecule has 0 fully saturated rings. The van der Waals surface area contributed by atoms with Crippen molar-refractivity contribution in [2.45, 2.75) is 13.2 Å². The van der Waals surface area contributed by atoms with Crippen molar-refractivity contribution in [2.24, 2.45) is 0 Å². The molecule has 0 aromatic heterocycles. The highest BCUT2D eigenvalue weighted by Crippen LogP contribution is 2.28. The minimum absolute atomic E-state index is 0.0971. The summed E-state index contributed by atoms with van der Waals surface area (Å²) in [5.74, 6) is -1.92. The van der Waals surface area contributed by atoms with Crippen molar-refractivity contribution in [3.05, 3.63) is 76.5 Å². The second kappa shape index (κ2) is 8.58. The Labute approximate surface area is 165 Å². The molecule has 144 valence electrons. The first-order valence-corrected chi connectivity index (χ1v) is 8.78. The van der Waals surface area contributed by atoms with E-state index in [9.17, 15) is 14.4 Å². The zero-order valence-corrected chi connectivity index (χ0v) is 15.6. The first kappa shape index (κ1) is 19.4. The topological polar surface area (TPSA) is 90.9 Å². The van der Waals surface area contributed by atoms with E-state index in [0.29, 0.717) is 16.8 Å². The average Bonchev–Trinajstić information content (AvgIpc) is 2.97. The molecule has 0 unspecified atom stereocenters. The Hall–Kier alpha value is -3.32. The first-order valence-electron chi connectivity index (χ1n) is 8.40. The van der Waals surface area contributed by atoms with Crippen LogP contribution in [0.15, 0.2) is 65.3 Å². The van der Waals surface area contributed by atoms with Crippen LogP contribution < -0.4 is 5.32 Å². The number of hydrogen-bond donors (Lipinski definition) is 1. The SMILES string of the molecule is CCOC(=O)c1ccc(NC2=C(Cl)C(=O)O[C@H]2OC(=O)c2ccccc2)cc1. The molecule has 0 amide bonds. The lowest BCUT2D eigenvalue weighted by atomic mass is 10.2. The number of carbonyl (C=O) groups is 3. The van der Waals surface area contributed by atoms with E-state index in [-0.39, 0.29) is 17.3 Å². The van der Waals surface area contributed by atoms with Gasteiger partial charge in [0.15, 0.2) is 5.03 Å². The number of ether oxygens (including phenoxy) is 3. The molecule has 3 rings (SSSR count). The van der Waals surface area contributed by atoms with E-state index in [2.05, 4.69) is 5.32 Å². The molecular weight excluding hydrogens is 386 g/mol. The molecule has 1 heterocycles. The Morgan fingerprint density at radius 2 is 1.68 bits per heavy atom. The van der Waals surface area contributed by atoms with Crippen LogP contribution in [0.25, 0.3) is 0 Å². The van der Waals surface area contributed by atoms with Crippen LogP contribution in [0.4, 0.5) is 5.69 Å². The molecule has 28 heavy (non-hydrogen) atoms. The number of benzene rings is 2. The second-order valence-corrected chi connectivity index (χ2v) is 6.04. The van der Waals surface area contributed by atoms with Crippen molar-refractivity contribution in [2.75, 3.05) is 11.9 Å². The summed E-state index contributed by atoms with van der Waals surface area (Å²) < 4.78 is 15.2. The normalized spacial score (nSPS) is 15.8. The van der Waals surface area contributed by atoms with Crippen LogP contribution in [-0.4, -0.2) is 30.8 Å². The summed E-state index contributed by atoms with van der Waals surface area (Å²) in [5.41, 5.74) is 1.29. The highest BCUT2D eigenvalue weighted by Gasteiger charge is 2.36. The fraction of sp³-hybridized carbons (Fsp3) is 0.150. The number of esters is 3. The van der Waals surface area contributed by atoms with E-state index in [1.165, 1.54) is 0 Å². The maximum Gasteiger partial charge on any atom is 0.355 e. The van der Waals surface area contributed by atoms with Crippen molar-refractivity contribution in [1.82, 2.24) is 0 Å². The molecule has 0 radical (unpaired) electrons. The number of halogens is 1. The third kappa shape index (κ3) is 4.32. The van der Waals surface area contributed by atoms with Gasteiger partial charge in [-0.2, -0.15) is 0 Å². The zero-order chi connectivity index (χ0) is 20.1. The molecule has 8 heteroatoms. The Morgan fingerprint density at radius 3 is 2.32 bits per heavy atom.